The highest BCUT2D eigenvalue weighted by molar-refractivity contribution is 8.00. The summed E-state index contributed by atoms with van der Waals surface area (Å²) in [4.78, 5) is 38.0. The van der Waals surface area contributed by atoms with Gasteiger partial charge in [-0.25, -0.2) is 19.7 Å². The lowest BCUT2D eigenvalue weighted by Crippen LogP contribution is -2.36. The number of hydrogen-bond acceptors (Lipinski definition) is 10. The average Bonchev–Trinajstić information content (AvgIpc) is 3.82. The van der Waals surface area contributed by atoms with E-state index in [4.69, 9.17) is 33.9 Å². The van der Waals surface area contributed by atoms with Gasteiger partial charge in [-0.1, -0.05) is 79.9 Å². The lowest BCUT2D eigenvalue weighted by Gasteiger charge is -2.16. The minimum absolute atomic E-state index is 0.0114. The van der Waals surface area contributed by atoms with Gasteiger partial charge in [0.1, 0.15) is 6.33 Å². The molecule has 304 valence electrons. The maximum Gasteiger partial charge on any atom is 0.315 e. The van der Waals surface area contributed by atoms with E-state index in [1.165, 1.54) is 69.5 Å². The van der Waals surface area contributed by atoms with E-state index >= 15 is 0 Å². The van der Waals surface area contributed by atoms with Gasteiger partial charge in [0.25, 0.3) is 0 Å². The molecule has 2 saturated heterocycles. The van der Waals surface area contributed by atoms with Crippen LogP contribution >= 0.6 is 46.7 Å². The first-order valence-electron chi connectivity index (χ1n) is 20.3. The molecule has 12 nitrogen and oxygen atoms in total. The molecule has 4 heterocycles. The van der Waals surface area contributed by atoms with E-state index in [-0.39, 0.29) is 11.9 Å². The number of fused-ring (bicyclic) bond motifs is 2. The fourth-order valence-corrected chi connectivity index (χ4v) is 10.4. The van der Waals surface area contributed by atoms with E-state index < -0.39 is 0 Å². The van der Waals surface area contributed by atoms with E-state index in [9.17, 15) is 9.59 Å². The van der Waals surface area contributed by atoms with Crippen molar-refractivity contribution >= 4 is 75.6 Å². The zero-order valence-corrected chi connectivity index (χ0v) is 35.2. The van der Waals surface area contributed by atoms with Crippen LogP contribution in [0.4, 0.5) is 10.6 Å². The fraction of sp³-hybridized carbons (Fsp3) is 0.667. The Hall–Kier alpha value is -2.49. The summed E-state index contributed by atoms with van der Waals surface area (Å²) < 4.78 is 2.08. The number of aryl methyl sites for hydroxylation is 1. The van der Waals surface area contributed by atoms with Gasteiger partial charge in [-0.2, -0.15) is 11.8 Å². The SMILES string of the molecule is Nc1ncnc2c1nc(Sc1cc(Cl)cc(Cl)c1)n2CCCCCCNC(=O)CCCCCNCCCCCCNCCCCC[C@H]1SC[C@@H]2NC(=O)N[C@@H]21. The van der Waals surface area contributed by atoms with Gasteiger partial charge in [0.05, 0.1) is 12.1 Å². The van der Waals surface area contributed by atoms with E-state index in [0.717, 1.165) is 93.5 Å². The quantitative estimate of drug-likeness (QED) is 0.0318. The Morgan fingerprint density at radius 3 is 2.18 bits per heavy atom. The van der Waals surface area contributed by atoms with Crippen molar-refractivity contribution in [3.05, 3.63) is 34.6 Å². The third-order valence-corrected chi connectivity index (χ3v) is 13.1. The number of imidazole rings is 1. The number of anilines is 1. The van der Waals surface area contributed by atoms with Crippen LogP contribution in [0.3, 0.4) is 0 Å². The fourth-order valence-electron chi connectivity index (χ4n) is 7.20. The molecule has 2 fully saturated rings. The van der Waals surface area contributed by atoms with Crippen LogP contribution in [0.1, 0.15) is 103 Å². The second kappa shape index (κ2) is 24.3. The number of amides is 3. The monoisotopic (exact) mass is 834 g/mol. The van der Waals surface area contributed by atoms with Crippen molar-refractivity contribution in [2.24, 2.45) is 0 Å². The van der Waals surface area contributed by atoms with Gasteiger partial charge in [-0.15, -0.1) is 0 Å². The van der Waals surface area contributed by atoms with Crippen molar-refractivity contribution < 1.29 is 9.59 Å². The lowest BCUT2D eigenvalue weighted by atomic mass is 10.0. The van der Waals surface area contributed by atoms with Gasteiger partial charge >= 0.3 is 6.03 Å². The number of nitrogens with one attached hydrogen (secondary N) is 5. The first-order chi connectivity index (χ1) is 26.9. The zero-order valence-electron chi connectivity index (χ0n) is 32.1. The number of benzene rings is 1. The molecule has 0 spiro atoms. The predicted molar refractivity (Wildman–Crippen MR) is 228 cm³/mol. The summed E-state index contributed by atoms with van der Waals surface area (Å²) in [5.74, 6) is 1.56. The number of urea groups is 1. The molecule has 0 bridgehead atoms. The topological polar surface area (TPSA) is 164 Å². The van der Waals surface area contributed by atoms with Crippen molar-refractivity contribution in [3.63, 3.8) is 0 Å². The Bertz CT molecular complexity index is 1610. The van der Waals surface area contributed by atoms with E-state index in [1.54, 1.807) is 6.07 Å². The van der Waals surface area contributed by atoms with Gasteiger partial charge in [0.2, 0.25) is 5.91 Å². The highest BCUT2D eigenvalue weighted by Gasteiger charge is 2.42. The molecule has 3 atom stereocenters. The summed E-state index contributed by atoms with van der Waals surface area (Å²) in [6.45, 7) is 5.79. The Morgan fingerprint density at radius 1 is 0.836 bits per heavy atom. The summed E-state index contributed by atoms with van der Waals surface area (Å²) in [5, 5.41) is 18.9. The number of thioether (sulfide) groups is 1. The van der Waals surface area contributed by atoms with Crippen LogP contribution in [0.15, 0.2) is 34.6 Å². The van der Waals surface area contributed by atoms with Gasteiger partial charge in [0.15, 0.2) is 22.1 Å². The van der Waals surface area contributed by atoms with Crippen LogP contribution in [0.25, 0.3) is 11.2 Å². The number of unbranched alkanes of at least 4 members (excludes halogenated alkanes) is 10. The van der Waals surface area contributed by atoms with Gasteiger partial charge in [-0.05, 0) is 95.7 Å². The zero-order chi connectivity index (χ0) is 38.7. The van der Waals surface area contributed by atoms with Crippen molar-refractivity contribution in [2.75, 3.05) is 44.2 Å². The molecule has 55 heavy (non-hydrogen) atoms. The number of hydrogen-bond donors (Lipinski definition) is 6. The number of carbonyl (C=O) groups is 2. The minimum Gasteiger partial charge on any atom is -0.382 e. The van der Waals surface area contributed by atoms with Gasteiger partial charge < -0.3 is 36.9 Å². The van der Waals surface area contributed by atoms with Crippen LogP contribution in [0.5, 0.6) is 0 Å². The molecule has 5 rings (SSSR count). The maximum absolute atomic E-state index is 12.3. The van der Waals surface area contributed by atoms with Crippen LogP contribution in [-0.2, 0) is 11.3 Å². The van der Waals surface area contributed by atoms with Crippen LogP contribution < -0.4 is 32.3 Å². The predicted octanol–water partition coefficient (Wildman–Crippen LogP) is 7.57. The second-order valence-electron chi connectivity index (χ2n) is 14.6. The largest absolute Gasteiger partial charge is 0.382 e. The standard InChI is InChI=1S/C39H60Cl2N10O2S2/c40-28-23-29(41)25-30(24-28)55-39-50-35-36(42)46-27-47-37(35)51(39)22-14-4-3-13-21-45-33(52)16-8-6-12-20-44-18-10-2-1-9-17-43-19-11-5-7-15-32-34-31(26-54-32)48-38(53)49-34/h23-25,27,31-32,34,43-44H,1-22,26H2,(H,45,52)(H2,42,46,47)(H2,48,49,53)/t31-,32+,34-/m0/s1. The number of nitrogens with zero attached hydrogens (tertiary/aromatic N) is 4. The summed E-state index contributed by atoms with van der Waals surface area (Å²) in [5.41, 5.74) is 7.41. The maximum atomic E-state index is 12.3. The smallest absolute Gasteiger partial charge is 0.315 e. The van der Waals surface area contributed by atoms with E-state index in [0.29, 0.717) is 57.3 Å². The number of halogens is 2. The number of nitrogens with two attached hydrogens (primary N) is 1. The Balaban J connectivity index is 0.781. The first kappa shape index (κ1) is 43.6. The van der Waals surface area contributed by atoms with Gasteiger partial charge in [-0.3, -0.25) is 4.79 Å². The molecular weight excluding hydrogens is 776 g/mol. The highest BCUT2D eigenvalue weighted by Crippen LogP contribution is 2.35. The van der Waals surface area contributed by atoms with E-state index in [1.807, 2.05) is 23.9 Å². The van der Waals surface area contributed by atoms with Crippen LogP contribution in [0, 0.1) is 0 Å². The number of aromatic nitrogens is 4. The van der Waals surface area contributed by atoms with E-state index in [2.05, 4.69) is 41.1 Å². The number of carbonyl (C=O) groups excluding carboxylic acids is 2. The van der Waals surface area contributed by atoms with Crippen LogP contribution in [-0.4, -0.2) is 87.3 Å². The third-order valence-electron chi connectivity index (χ3n) is 10.2. The molecule has 2 aromatic heterocycles. The molecule has 0 saturated carbocycles. The molecule has 7 N–H and O–H groups in total. The van der Waals surface area contributed by atoms with Gasteiger partial charge in [0, 0.05) is 45.5 Å². The van der Waals surface area contributed by atoms with Crippen molar-refractivity contribution in [3.8, 4) is 0 Å². The molecule has 0 unspecified atom stereocenters. The molecule has 1 aromatic carbocycles. The molecule has 16 heteroatoms. The first-order valence-corrected chi connectivity index (χ1v) is 23.0. The average molecular weight is 836 g/mol. The highest BCUT2D eigenvalue weighted by atomic mass is 35.5. The Labute approximate surface area is 345 Å². The molecule has 3 amide bonds. The normalized spacial score (nSPS) is 17.8. The molecule has 0 aliphatic carbocycles. The Morgan fingerprint density at radius 2 is 1.47 bits per heavy atom. The summed E-state index contributed by atoms with van der Waals surface area (Å²) >= 11 is 15.9. The van der Waals surface area contributed by atoms with Crippen molar-refractivity contribution in [1.29, 1.82) is 0 Å². The number of rotatable bonds is 28. The van der Waals surface area contributed by atoms with Crippen molar-refractivity contribution in [2.45, 2.75) is 137 Å². The van der Waals surface area contributed by atoms with Crippen molar-refractivity contribution in [1.82, 2.24) is 46.1 Å². The summed E-state index contributed by atoms with van der Waals surface area (Å²) in [6.07, 6.45) is 19.1. The minimum atomic E-state index is 0.0114. The second-order valence-corrected chi connectivity index (χ2v) is 17.8. The molecule has 3 aromatic rings. The summed E-state index contributed by atoms with van der Waals surface area (Å²) in [6, 6.07) is 6.11. The lowest BCUT2D eigenvalue weighted by molar-refractivity contribution is -0.121. The molecule has 2 aliphatic heterocycles. The molecule has 2 aliphatic rings. The molecule has 0 radical (unpaired) electrons. The number of nitrogen functional groups attached to an aromatic ring is 1. The Kier molecular flexibility index (Phi) is 19.3. The summed E-state index contributed by atoms with van der Waals surface area (Å²) in [7, 11) is 0. The van der Waals surface area contributed by atoms with Crippen LogP contribution in [0.2, 0.25) is 10.0 Å². The molecular formula is C39H60Cl2N10O2S2. The third kappa shape index (κ3) is 15.1.